The lowest BCUT2D eigenvalue weighted by Crippen LogP contribution is -2.38. The molecule has 150 valence electrons. The quantitative estimate of drug-likeness (QED) is 0.258. The highest BCUT2D eigenvalue weighted by Gasteiger charge is 2.14. The van der Waals surface area contributed by atoms with Crippen LogP contribution < -0.4 is 5.32 Å². The summed E-state index contributed by atoms with van der Waals surface area (Å²) in [6.07, 6.45) is 5.13. The van der Waals surface area contributed by atoms with Crippen LogP contribution >= 0.6 is 35.3 Å². The van der Waals surface area contributed by atoms with E-state index < -0.39 is 0 Å². The highest BCUT2D eigenvalue weighted by atomic mass is 127. The van der Waals surface area contributed by atoms with Gasteiger partial charge in [0.05, 0.1) is 17.2 Å². The van der Waals surface area contributed by atoms with Crippen LogP contribution in [0.2, 0.25) is 0 Å². The van der Waals surface area contributed by atoms with Crippen molar-refractivity contribution in [1.82, 2.24) is 20.1 Å². The van der Waals surface area contributed by atoms with Gasteiger partial charge in [-0.2, -0.15) is 0 Å². The van der Waals surface area contributed by atoms with Gasteiger partial charge in [-0.05, 0) is 65.1 Å². The lowest BCUT2D eigenvalue weighted by Gasteiger charge is -2.30. The molecule has 2 heterocycles. The van der Waals surface area contributed by atoms with Crippen LogP contribution in [0.3, 0.4) is 0 Å². The number of piperidine rings is 1. The fourth-order valence-corrected chi connectivity index (χ4v) is 3.79. The summed E-state index contributed by atoms with van der Waals surface area (Å²) >= 11 is 1.71. The van der Waals surface area contributed by atoms with Crippen molar-refractivity contribution in [2.24, 2.45) is 10.9 Å². The predicted octanol–water partition coefficient (Wildman–Crippen LogP) is 3.98. The average molecular weight is 494 g/mol. The number of unbranched alkanes of at least 4 members (excludes halogenated alkanes) is 1. The molecule has 0 bridgehead atoms. The zero-order chi connectivity index (χ0) is 18.1. The molecular formula is C19H36IN5S. The summed E-state index contributed by atoms with van der Waals surface area (Å²) in [5.74, 6) is 1.90. The predicted molar refractivity (Wildman–Crippen MR) is 124 cm³/mol. The number of thiazole rings is 1. The minimum absolute atomic E-state index is 0. The van der Waals surface area contributed by atoms with Crippen LogP contribution in [0.25, 0.3) is 0 Å². The first kappa shape index (κ1) is 23.6. The molecule has 0 aliphatic carbocycles. The fraction of sp³-hybridized carbons (Fsp3) is 0.789. The molecule has 0 unspecified atom stereocenters. The number of nitrogens with one attached hydrogen (secondary N) is 1. The van der Waals surface area contributed by atoms with Gasteiger partial charge in [0.1, 0.15) is 0 Å². The van der Waals surface area contributed by atoms with Crippen molar-refractivity contribution in [3.8, 4) is 0 Å². The summed E-state index contributed by atoms with van der Waals surface area (Å²) in [6, 6.07) is 0. The van der Waals surface area contributed by atoms with Crippen molar-refractivity contribution in [3.63, 3.8) is 0 Å². The Hall–Kier alpha value is -0.410. The van der Waals surface area contributed by atoms with E-state index in [0.29, 0.717) is 0 Å². The summed E-state index contributed by atoms with van der Waals surface area (Å²) in [7, 11) is 2.09. The Morgan fingerprint density at radius 1 is 1.38 bits per heavy atom. The molecular weight excluding hydrogens is 457 g/mol. The van der Waals surface area contributed by atoms with E-state index >= 15 is 0 Å². The molecule has 2 rings (SSSR count). The molecule has 0 saturated carbocycles. The van der Waals surface area contributed by atoms with Gasteiger partial charge >= 0.3 is 0 Å². The number of hydrogen-bond acceptors (Lipinski definition) is 4. The first-order valence-electron chi connectivity index (χ1n) is 9.71. The van der Waals surface area contributed by atoms with E-state index in [2.05, 4.69) is 53.3 Å². The molecule has 1 aliphatic heterocycles. The standard InChI is InChI=1S/C19H35N5S.HI/c1-5-20-19(23(4)14-18-15-25-17(3)22-18)21-10-6-7-11-24-12-8-16(2)9-13-24;/h15-16H,5-14H2,1-4H3,(H,20,21);1H. The second-order valence-corrected chi connectivity index (χ2v) is 8.24. The SMILES string of the molecule is CCNC(=NCCCCN1CCC(C)CC1)N(C)Cc1csc(C)n1.I. The third kappa shape index (κ3) is 8.52. The maximum absolute atomic E-state index is 4.80. The first-order valence-corrected chi connectivity index (χ1v) is 10.6. The van der Waals surface area contributed by atoms with Crippen LogP contribution in [0.1, 0.15) is 50.2 Å². The Balaban J connectivity index is 0.00000338. The minimum Gasteiger partial charge on any atom is -0.357 e. The molecule has 1 aliphatic rings. The third-order valence-electron chi connectivity index (χ3n) is 4.78. The molecule has 1 saturated heterocycles. The normalized spacial score (nSPS) is 16.4. The van der Waals surface area contributed by atoms with Gasteiger partial charge in [-0.3, -0.25) is 4.99 Å². The van der Waals surface area contributed by atoms with E-state index in [1.54, 1.807) is 11.3 Å². The lowest BCUT2D eigenvalue weighted by atomic mass is 9.99. The van der Waals surface area contributed by atoms with Gasteiger partial charge in [0.15, 0.2) is 5.96 Å². The van der Waals surface area contributed by atoms with Crippen LogP contribution in [0, 0.1) is 12.8 Å². The maximum Gasteiger partial charge on any atom is 0.194 e. The molecule has 0 radical (unpaired) electrons. The minimum atomic E-state index is 0. The summed E-state index contributed by atoms with van der Waals surface area (Å²) < 4.78 is 0. The summed E-state index contributed by atoms with van der Waals surface area (Å²) in [5, 5.41) is 6.65. The number of hydrogen-bond donors (Lipinski definition) is 1. The average Bonchev–Trinajstić information content (AvgIpc) is 3.00. The van der Waals surface area contributed by atoms with E-state index in [4.69, 9.17) is 4.99 Å². The van der Waals surface area contributed by atoms with Crippen LogP contribution in [0.15, 0.2) is 10.4 Å². The summed E-state index contributed by atoms with van der Waals surface area (Å²) in [5.41, 5.74) is 1.12. The van der Waals surface area contributed by atoms with Crippen molar-refractivity contribution < 1.29 is 0 Å². The third-order valence-corrected chi connectivity index (χ3v) is 5.60. The smallest absolute Gasteiger partial charge is 0.194 e. The molecule has 0 atom stereocenters. The first-order chi connectivity index (χ1) is 12.1. The van der Waals surface area contributed by atoms with E-state index in [9.17, 15) is 0 Å². The Morgan fingerprint density at radius 3 is 2.73 bits per heavy atom. The molecule has 0 aromatic carbocycles. The van der Waals surface area contributed by atoms with E-state index in [1.807, 2.05) is 0 Å². The monoisotopic (exact) mass is 493 g/mol. The second-order valence-electron chi connectivity index (χ2n) is 7.18. The molecule has 1 N–H and O–H groups in total. The highest BCUT2D eigenvalue weighted by molar-refractivity contribution is 14.0. The second kappa shape index (κ2) is 12.9. The van der Waals surface area contributed by atoms with Crippen molar-refractivity contribution >= 4 is 41.3 Å². The van der Waals surface area contributed by atoms with Gasteiger partial charge in [0.2, 0.25) is 0 Å². The fourth-order valence-electron chi connectivity index (χ4n) is 3.19. The van der Waals surface area contributed by atoms with Gasteiger partial charge in [-0.1, -0.05) is 6.92 Å². The van der Waals surface area contributed by atoms with Gasteiger partial charge in [0.25, 0.3) is 0 Å². The van der Waals surface area contributed by atoms with E-state index in [1.165, 1.54) is 38.9 Å². The Morgan fingerprint density at radius 2 is 2.12 bits per heavy atom. The van der Waals surface area contributed by atoms with Gasteiger partial charge < -0.3 is 15.1 Å². The summed E-state index contributed by atoms with van der Waals surface area (Å²) in [4.78, 5) is 14.1. The van der Waals surface area contributed by atoms with Crippen LogP contribution in [0.5, 0.6) is 0 Å². The molecule has 7 heteroatoms. The number of aliphatic imine (C=N–C) groups is 1. The van der Waals surface area contributed by atoms with Crippen LogP contribution in [0.4, 0.5) is 0 Å². The van der Waals surface area contributed by atoms with Gasteiger partial charge in [-0.25, -0.2) is 4.98 Å². The Kier molecular flexibility index (Phi) is 11.7. The zero-order valence-electron chi connectivity index (χ0n) is 16.8. The summed E-state index contributed by atoms with van der Waals surface area (Å²) in [6.45, 7) is 12.9. The van der Waals surface area contributed by atoms with Crippen molar-refractivity contribution in [1.29, 1.82) is 0 Å². The Bertz CT molecular complexity index is 526. The van der Waals surface area contributed by atoms with Crippen molar-refractivity contribution in [2.75, 3.05) is 39.8 Å². The lowest BCUT2D eigenvalue weighted by molar-refractivity contribution is 0.190. The van der Waals surface area contributed by atoms with Crippen molar-refractivity contribution in [3.05, 3.63) is 16.1 Å². The molecule has 5 nitrogen and oxygen atoms in total. The van der Waals surface area contributed by atoms with Crippen LogP contribution in [-0.2, 0) is 6.54 Å². The number of rotatable bonds is 8. The van der Waals surface area contributed by atoms with Gasteiger partial charge in [0, 0.05) is 25.5 Å². The molecule has 0 amide bonds. The molecule has 1 aromatic heterocycles. The number of nitrogens with zero attached hydrogens (tertiary/aromatic N) is 4. The number of aromatic nitrogens is 1. The largest absolute Gasteiger partial charge is 0.357 e. The van der Waals surface area contributed by atoms with Gasteiger partial charge in [-0.15, -0.1) is 35.3 Å². The van der Waals surface area contributed by atoms with E-state index in [0.717, 1.165) is 48.6 Å². The molecule has 1 aromatic rings. The highest BCUT2D eigenvalue weighted by Crippen LogP contribution is 2.16. The number of aryl methyl sites for hydroxylation is 1. The number of halogens is 1. The topological polar surface area (TPSA) is 43.8 Å². The molecule has 0 spiro atoms. The van der Waals surface area contributed by atoms with E-state index in [-0.39, 0.29) is 24.0 Å². The van der Waals surface area contributed by atoms with Crippen molar-refractivity contribution in [2.45, 2.75) is 53.0 Å². The molecule has 26 heavy (non-hydrogen) atoms. The van der Waals surface area contributed by atoms with Crippen LogP contribution in [-0.4, -0.2) is 60.5 Å². The Labute approximate surface area is 180 Å². The zero-order valence-corrected chi connectivity index (χ0v) is 20.0. The molecule has 1 fully saturated rings. The number of guanidine groups is 1. The maximum atomic E-state index is 4.80. The number of likely N-dealkylation sites (tertiary alicyclic amines) is 1.